The van der Waals surface area contributed by atoms with Gasteiger partial charge in [-0.25, -0.2) is 4.98 Å². The number of amides is 1. The summed E-state index contributed by atoms with van der Waals surface area (Å²) in [5.41, 5.74) is 0. The van der Waals surface area contributed by atoms with E-state index in [1.54, 1.807) is 6.20 Å². The zero-order valence-electron chi connectivity index (χ0n) is 12.7. The van der Waals surface area contributed by atoms with E-state index in [4.69, 9.17) is 4.74 Å². The van der Waals surface area contributed by atoms with Gasteiger partial charge < -0.3 is 20.7 Å². The number of carbonyl (C=O) groups is 1. The molecule has 0 saturated carbocycles. The lowest BCUT2D eigenvalue weighted by Gasteiger charge is -2.23. The van der Waals surface area contributed by atoms with Gasteiger partial charge in [-0.05, 0) is 38.2 Å². The van der Waals surface area contributed by atoms with Gasteiger partial charge in [0.2, 0.25) is 11.9 Å². The zero-order valence-corrected chi connectivity index (χ0v) is 12.7. The first kappa shape index (κ1) is 15.0. The van der Waals surface area contributed by atoms with Crippen molar-refractivity contribution >= 4 is 17.7 Å². The standard InChI is InChI=1S/C15H23N5O2/c21-14-12(5-1-2-7-16-14)19-15-17-8-6-13(20-15)18-11-4-3-9-22-10-11/h6,8,11-12H,1-5,7,9-10H2,(H,16,21)(H2,17,18,19,20)/t11-,12-/m1/s1. The lowest BCUT2D eigenvalue weighted by atomic mass is 10.1. The Morgan fingerprint density at radius 1 is 1.23 bits per heavy atom. The summed E-state index contributed by atoms with van der Waals surface area (Å²) in [6.45, 7) is 2.30. The molecule has 0 unspecified atom stereocenters. The number of nitrogens with one attached hydrogen (secondary N) is 3. The highest BCUT2D eigenvalue weighted by Crippen LogP contribution is 2.15. The second-order valence-electron chi connectivity index (χ2n) is 5.81. The maximum atomic E-state index is 12.0. The van der Waals surface area contributed by atoms with Gasteiger partial charge in [-0.15, -0.1) is 0 Å². The van der Waals surface area contributed by atoms with E-state index in [0.29, 0.717) is 12.6 Å². The Morgan fingerprint density at radius 2 is 2.18 bits per heavy atom. The molecule has 1 amide bonds. The van der Waals surface area contributed by atoms with E-state index in [1.807, 2.05) is 6.07 Å². The maximum Gasteiger partial charge on any atom is 0.242 e. The Kier molecular flexibility index (Phi) is 5.05. The quantitative estimate of drug-likeness (QED) is 0.773. The summed E-state index contributed by atoms with van der Waals surface area (Å²) in [6, 6.07) is 1.88. The van der Waals surface area contributed by atoms with Crippen LogP contribution in [0.4, 0.5) is 11.8 Å². The second-order valence-corrected chi connectivity index (χ2v) is 5.81. The fourth-order valence-corrected chi connectivity index (χ4v) is 2.81. The Hall–Kier alpha value is -1.89. The first-order valence-electron chi connectivity index (χ1n) is 8.03. The number of hydrogen-bond donors (Lipinski definition) is 3. The van der Waals surface area contributed by atoms with Gasteiger partial charge in [-0.2, -0.15) is 4.98 Å². The molecule has 0 aromatic carbocycles. The molecule has 2 aliphatic heterocycles. The smallest absolute Gasteiger partial charge is 0.242 e. The van der Waals surface area contributed by atoms with Crippen LogP contribution >= 0.6 is 0 Å². The van der Waals surface area contributed by atoms with E-state index in [-0.39, 0.29) is 18.0 Å². The molecule has 3 heterocycles. The van der Waals surface area contributed by atoms with Gasteiger partial charge in [0.25, 0.3) is 0 Å². The first-order chi connectivity index (χ1) is 10.8. The van der Waals surface area contributed by atoms with E-state index >= 15 is 0 Å². The van der Waals surface area contributed by atoms with Crippen molar-refractivity contribution in [1.82, 2.24) is 15.3 Å². The molecule has 120 valence electrons. The summed E-state index contributed by atoms with van der Waals surface area (Å²) in [5, 5.41) is 9.41. The third-order valence-corrected chi connectivity index (χ3v) is 4.01. The molecule has 2 aliphatic rings. The molecule has 1 aromatic rings. The van der Waals surface area contributed by atoms with Gasteiger partial charge >= 0.3 is 0 Å². The fraction of sp³-hybridized carbons (Fsp3) is 0.667. The van der Waals surface area contributed by atoms with Gasteiger partial charge in [0, 0.05) is 19.3 Å². The summed E-state index contributed by atoms with van der Waals surface area (Å²) in [7, 11) is 0. The minimum absolute atomic E-state index is 0.0279. The molecule has 7 nitrogen and oxygen atoms in total. The van der Waals surface area contributed by atoms with Gasteiger partial charge in [-0.1, -0.05) is 0 Å². The van der Waals surface area contributed by atoms with Crippen LogP contribution in [0.1, 0.15) is 32.1 Å². The van der Waals surface area contributed by atoms with Crippen molar-refractivity contribution in [3.05, 3.63) is 12.3 Å². The Morgan fingerprint density at radius 3 is 3.05 bits per heavy atom. The van der Waals surface area contributed by atoms with E-state index < -0.39 is 0 Å². The Labute approximate surface area is 130 Å². The van der Waals surface area contributed by atoms with E-state index in [0.717, 1.165) is 51.1 Å². The predicted molar refractivity (Wildman–Crippen MR) is 83.8 cm³/mol. The van der Waals surface area contributed by atoms with E-state index in [9.17, 15) is 4.79 Å². The summed E-state index contributed by atoms with van der Waals surface area (Å²) in [5.74, 6) is 1.28. The third kappa shape index (κ3) is 4.07. The van der Waals surface area contributed by atoms with Crippen LogP contribution in [0.25, 0.3) is 0 Å². The molecule has 22 heavy (non-hydrogen) atoms. The predicted octanol–water partition coefficient (Wildman–Crippen LogP) is 1.15. The van der Waals surface area contributed by atoms with Crippen molar-refractivity contribution in [2.75, 3.05) is 30.4 Å². The van der Waals surface area contributed by atoms with Gasteiger partial charge in [0.05, 0.1) is 12.6 Å². The summed E-state index contributed by atoms with van der Waals surface area (Å²) in [6.07, 6.45) is 6.70. The van der Waals surface area contributed by atoms with Crippen molar-refractivity contribution in [2.45, 2.75) is 44.2 Å². The minimum atomic E-state index is -0.254. The number of hydrogen-bond acceptors (Lipinski definition) is 6. The molecule has 3 rings (SSSR count). The number of rotatable bonds is 4. The third-order valence-electron chi connectivity index (χ3n) is 4.01. The van der Waals surface area contributed by atoms with Crippen LogP contribution in [0.15, 0.2) is 12.3 Å². The van der Waals surface area contributed by atoms with Crippen molar-refractivity contribution < 1.29 is 9.53 Å². The molecule has 2 saturated heterocycles. The van der Waals surface area contributed by atoms with Crippen LogP contribution in [0.5, 0.6) is 0 Å². The number of anilines is 2. The highest BCUT2D eigenvalue weighted by Gasteiger charge is 2.21. The van der Waals surface area contributed by atoms with Crippen molar-refractivity contribution in [3.63, 3.8) is 0 Å². The average Bonchev–Trinajstić information content (AvgIpc) is 2.74. The highest BCUT2D eigenvalue weighted by atomic mass is 16.5. The number of nitrogens with zero attached hydrogens (tertiary/aromatic N) is 2. The van der Waals surface area contributed by atoms with Crippen molar-refractivity contribution in [3.8, 4) is 0 Å². The fourth-order valence-electron chi connectivity index (χ4n) is 2.81. The lowest BCUT2D eigenvalue weighted by molar-refractivity contribution is -0.121. The number of aromatic nitrogens is 2. The van der Waals surface area contributed by atoms with Crippen LogP contribution in [-0.2, 0) is 9.53 Å². The Balaban J connectivity index is 1.61. The monoisotopic (exact) mass is 305 g/mol. The molecular formula is C15H23N5O2. The molecular weight excluding hydrogens is 282 g/mol. The Bertz CT molecular complexity index is 504. The molecule has 7 heteroatoms. The second kappa shape index (κ2) is 7.40. The van der Waals surface area contributed by atoms with Gasteiger partial charge in [-0.3, -0.25) is 4.79 Å². The molecule has 2 fully saturated rings. The summed E-state index contributed by atoms with van der Waals surface area (Å²) < 4.78 is 5.46. The topological polar surface area (TPSA) is 88.2 Å². The van der Waals surface area contributed by atoms with Crippen LogP contribution < -0.4 is 16.0 Å². The van der Waals surface area contributed by atoms with Gasteiger partial charge in [0.1, 0.15) is 11.9 Å². The van der Waals surface area contributed by atoms with Gasteiger partial charge in [0.15, 0.2) is 0 Å². The van der Waals surface area contributed by atoms with Crippen LogP contribution in [0.3, 0.4) is 0 Å². The van der Waals surface area contributed by atoms with Crippen LogP contribution in [0.2, 0.25) is 0 Å². The molecule has 0 spiro atoms. The first-order valence-corrected chi connectivity index (χ1v) is 8.03. The summed E-state index contributed by atoms with van der Waals surface area (Å²) >= 11 is 0. The maximum absolute atomic E-state index is 12.0. The van der Waals surface area contributed by atoms with Crippen molar-refractivity contribution in [1.29, 1.82) is 0 Å². The molecule has 3 N–H and O–H groups in total. The van der Waals surface area contributed by atoms with Crippen molar-refractivity contribution in [2.24, 2.45) is 0 Å². The normalized spacial score (nSPS) is 25.9. The number of ether oxygens (including phenoxy) is 1. The molecule has 1 aromatic heterocycles. The zero-order chi connectivity index (χ0) is 15.2. The average molecular weight is 305 g/mol. The highest BCUT2D eigenvalue weighted by molar-refractivity contribution is 5.84. The number of carbonyl (C=O) groups excluding carboxylic acids is 1. The van der Waals surface area contributed by atoms with E-state index in [2.05, 4.69) is 25.9 Å². The minimum Gasteiger partial charge on any atom is -0.379 e. The van der Waals surface area contributed by atoms with E-state index in [1.165, 1.54) is 0 Å². The lowest BCUT2D eigenvalue weighted by Crippen LogP contribution is -2.38. The molecule has 0 aliphatic carbocycles. The van der Waals surface area contributed by atoms with Crippen LogP contribution in [-0.4, -0.2) is 47.7 Å². The summed E-state index contributed by atoms with van der Waals surface area (Å²) in [4.78, 5) is 20.6. The molecule has 0 radical (unpaired) electrons. The SMILES string of the molecule is O=C1NCCCC[C@H]1Nc1nccc(N[C@@H]2CCCOC2)n1. The molecule has 0 bridgehead atoms. The molecule has 2 atom stereocenters. The van der Waals surface area contributed by atoms with Crippen LogP contribution in [0, 0.1) is 0 Å². The largest absolute Gasteiger partial charge is 0.379 e.